The van der Waals surface area contributed by atoms with E-state index in [0.717, 1.165) is 18.1 Å². The van der Waals surface area contributed by atoms with Crippen LogP contribution < -0.4 is 10.6 Å². The van der Waals surface area contributed by atoms with Crippen molar-refractivity contribution >= 4 is 17.6 Å². The molecule has 124 valence electrons. The molecule has 1 heterocycles. The standard InChI is InChI=1S/C16H22ClN5O/c1-4-18-16(20-11(2)3)19-10-9-14-21-15(22-23-14)12-5-7-13(17)8-6-12/h5-8,11H,4,9-10H2,1-3H3,(H2,18,19,20). The van der Waals surface area contributed by atoms with Gasteiger partial charge in [0.1, 0.15) is 0 Å². The molecule has 6 nitrogen and oxygen atoms in total. The van der Waals surface area contributed by atoms with E-state index in [2.05, 4.69) is 39.6 Å². The number of halogens is 1. The Balaban J connectivity index is 1.94. The fourth-order valence-corrected chi connectivity index (χ4v) is 2.06. The van der Waals surface area contributed by atoms with Crippen molar-refractivity contribution in [3.8, 4) is 11.4 Å². The third-order valence-corrected chi connectivity index (χ3v) is 3.19. The van der Waals surface area contributed by atoms with Crippen molar-refractivity contribution in [3.63, 3.8) is 0 Å². The summed E-state index contributed by atoms with van der Waals surface area (Å²) in [5, 5.41) is 11.1. The first-order chi connectivity index (χ1) is 11.1. The van der Waals surface area contributed by atoms with Gasteiger partial charge >= 0.3 is 0 Å². The first kappa shape index (κ1) is 17.3. The number of rotatable bonds is 6. The zero-order chi connectivity index (χ0) is 16.7. The van der Waals surface area contributed by atoms with Gasteiger partial charge in [-0.2, -0.15) is 4.98 Å². The summed E-state index contributed by atoms with van der Waals surface area (Å²) < 4.78 is 5.27. The molecular weight excluding hydrogens is 314 g/mol. The van der Waals surface area contributed by atoms with Crippen LogP contribution in [0.2, 0.25) is 5.02 Å². The minimum atomic E-state index is 0.327. The number of nitrogens with one attached hydrogen (secondary N) is 2. The molecule has 23 heavy (non-hydrogen) atoms. The molecule has 0 aliphatic heterocycles. The Labute approximate surface area is 141 Å². The van der Waals surface area contributed by atoms with Gasteiger partial charge in [0.05, 0.1) is 6.54 Å². The van der Waals surface area contributed by atoms with Crippen LogP contribution in [0.4, 0.5) is 0 Å². The predicted molar refractivity (Wildman–Crippen MR) is 92.7 cm³/mol. The summed E-state index contributed by atoms with van der Waals surface area (Å²) in [7, 11) is 0. The van der Waals surface area contributed by atoms with Gasteiger partial charge in [-0.05, 0) is 45.0 Å². The van der Waals surface area contributed by atoms with Crippen molar-refractivity contribution in [2.75, 3.05) is 13.1 Å². The Morgan fingerprint density at radius 1 is 1.30 bits per heavy atom. The molecule has 0 saturated carbocycles. The highest BCUT2D eigenvalue weighted by Gasteiger charge is 2.08. The minimum Gasteiger partial charge on any atom is -0.357 e. The Morgan fingerprint density at radius 2 is 2.04 bits per heavy atom. The fraction of sp³-hybridized carbons (Fsp3) is 0.438. The predicted octanol–water partition coefficient (Wildman–Crippen LogP) is 2.90. The molecule has 0 unspecified atom stereocenters. The van der Waals surface area contributed by atoms with Gasteiger partial charge in [0, 0.05) is 29.6 Å². The van der Waals surface area contributed by atoms with Gasteiger partial charge in [-0.15, -0.1) is 0 Å². The number of aliphatic imine (C=N–C) groups is 1. The van der Waals surface area contributed by atoms with Crippen LogP contribution in [0.25, 0.3) is 11.4 Å². The average Bonchev–Trinajstić information content (AvgIpc) is 2.96. The molecule has 0 atom stereocenters. The molecule has 2 rings (SSSR count). The summed E-state index contributed by atoms with van der Waals surface area (Å²) in [5.74, 6) is 1.92. The van der Waals surface area contributed by atoms with Crippen molar-refractivity contribution in [2.24, 2.45) is 4.99 Å². The molecule has 2 N–H and O–H groups in total. The minimum absolute atomic E-state index is 0.327. The highest BCUT2D eigenvalue weighted by atomic mass is 35.5. The number of hydrogen-bond acceptors (Lipinski definition) is 4. The summed E-state index contributed by atoms with van der Waals surface area (Å²) in [6.07, 6.45) is 0.593. The van der Waals surface area contributed by atoms with Crippen molar-refractivity contribution in [1.82, 2.24) is 20.8 Å². The monoisotopic (exact) mass is 335 g/mol. The number of guanidine groups is 1. The largest absolute Gasteiger partial charge is 0.357 e. The lowest BCUT2D eigenvalue weighted by atomic mass is 10.2. The summed E-state index contributed by atoms with van der Waals surface area (Å²) in [4.78, 5) is 8.87. The lowest BCUT2D eigenvalue weighted by Gasteiger charge is -2.13. The van der Waals surface area contributed by atoms with E-state index in [1.807, 2.05) is 19.1 Å². The molecule has 1 aromatic carbocycles. The highest BCUT2D eigenvalue weighted by molar-refractivity contribution is 6.30. The van der Waals surface area contributed by atoms with Gasteiger partial charge in [-0.1, -0.05) is 16.8 Å². The summed E-state index contributed by atoms with van der Waals surface area (Å²) in [6.45, 7) is 7.57. The number of benzene rings is 1. The Bertz CT molecular complexity index is 636. The third-order valence-electron chi connectivity index (χ3n) is 2.94. The number of nitrogens with zero attached hydrogens (tertiary/aromatic N) is 3. The first-order valence-electron chi connectivity index (χ1n) is 7.72. The third kappa shape index (κ3) is 5.56. The van der Waals surface area contributed by atoms with E-state index in [9.17, 15) is 0 Å². The van der Waals surface area contributed by atoms with Gasteiger partial charge in [0.2, 0.25) is 11.7 Å². The molecule has 2 aromatic rings. The van der Waals surface area contributed by atoms with Crippen LogP contribution in [0.3, 0.4) is 0 Å². The zero-order valence-corrected chi connectivity index (χ0v) is 14.4. The van der Waals surface area contributed by atoms with Gasteiger partial charge in [0.25, 0.3) is 0 Å². The van der Waals surface area contributed by atoms with E-state index in [4.69, 9.17) is 16.1 Å². The molecule has 0 aliphatic carbocycles. The maximum atomic E-state index is 5.87. The number of aromatic nitrogens is 2. The normalized spacial score (nSPS) is 11.8. The van der Waals surface area contributed by atoms with E-state index >= 15 is 0 Å². The van der Waals surface area contributed by atoms with Gasteiger partial charge in [-0.25, -0.2) is 0 Å². The van der Waals surface area contributed by atoms with E-state index in [1.54, 1.807) is 12.1 Å². The SMILES string of the molecule is CCNC(=NCCc1nc(-c2ccc(Cl)cc2)no1)NC(C)C. The molecule has 0 amide bonds. The van der Waals surface area contributed by atoms with Crippen LogP contribution in [0.1, 0.15) is 26.7 Å². The maximum absolute atomic E-state index is 5.87. The topological polar surface area (TPSA) is 75.3 Å². The van der Waals surface area contributed by atoms with E-state index in [1.165, 1.54) is 0 Å². The molecule has 1 aromatic heterocycles. The van der Waals surface area contributed by atoms with Crippen molar-refractivity contribution in [1.29, 1.82) is 0 Å². The maximum Gasteiger partial charge on any atom is 0.228 e. The Hall–Kier alpha value is -2.08. The molecule has 0 aliphatic rings. The second-order valence-electron chi connectivity index (χ2n) is 5.33. The summed E-state index contributed by atoms with van der Waals surface area (Å²) in [5.41, 5.74) is 0.878. The lowest BCUT2D eigenvalue weighted by molar-refractivity contribution is 0.380. The molecule has 0 saturated heterocycles. The van der Waals surface area contributed by atoms with Crippen molar-refractivity contribution in [2.45, 2.75) is 33.2 Å². The number of hydrogen-bond donors (Lipinski definition) is 2. The van der Waals surface area contributed by atoms with Crippen LogP contribution in [-0.2, 0) is 6.42 Å². The fourth-order valence-electron chi connectivity index (χ4n) is 1.93. The first-order valence-corrected chi connectivity index (χ1v) is 8.09. The summed E-state index contributed by atoms with van der Waals surface area (Å²) >= 11 is 5.87. The van der Waals surface area contributed by atoms with E-state index < -0.39 is 0 Å². The van der Waals surface area contributed by atoms with E-state index in [0.29, 0.717) is 35.7 Å². The smallest absolute Gasteiger partial charge is 0.228 e. The van der Waals surface area contributed by atoms with Gasteiger partial charge in [-0.3, -0.25) is 4.99 Å². The van der Waals surface area contributed by atoms with Gasteiger partial charge < -0.3 is 15.2 Å². The quantitative estimate of drug-likeness (QED) is 0.627. The average molecular weight is 336 g/mol. The van der Waals surface area contributed by atoms with Crippen LogP contribution >= 0.6 is 11.6 Å². The van der Waals surface area contributed by atoms with Crippen molar-refractivity contribution in [3.05, 3.63) is 35.2 Å². The van der Waals surface area contributed by atoms with E-state index in [-0.39, 0.29) is 0 Å². The molecule has 0 bridgehead atoms. The lowest BCUT2D eigenvalue weighted by Crippen LogP contribution is -2.41. The van der Waals surface area contributed by atoms with Crippen LogP contribution in [0, 0.1) is 0 Å². The zero-order valence-electron chi connectivity index (χ0n) is 13.6. The molecule has 0 radical (unpaired) electrons. The second-order valence-corrected chi connectivity index (χ2v) is 5.76. The summed E-state index contributed by atoms with van der Waals surface area (Å²) in [6, 6.07) is 7.66. The Kier molecular flexibility index (Phi) is 6.40. The van der Waals surface area contributed by atoms with Crippen LogP contribution in [-0.4, -0.2) is 35.2 Å². The van der Waals surface area contributed by atoms with Crippen molar-refractivity contribution < 1.29 is 4.52 Å². The van der Waals surface area contributed by atoms with Crippen LogP contribution in [0.15, 0.2) is 33.8 Å². The van der Waals surface area contributed by atoms with Gasteiger partial charge in [0.15, 0.2) is 5.96 Å². The van der Waals surface area contributed by atoms with Crippen LogP contribution in [0.5, 0.6) is 0 Å². The molecular formula is C16H22ClN5O. The molecule has 7 heteroatoms. The highest BCUT2D eigenvalue weighted by Crippen LogP contribution is 2.18. The second kappa shape index (κ2) is 8.53. The molecule has 0 spiro atoms. The Morgan fingerprint density at radius 3 is 2.70 bits per heavy atom. The molecule has 0 fully saturated rings.